The Morgan fingerprint density at radius 1 is 0.692 bits per heavy atom. The quantitative estimate of drug-likeness (QED) is 0.202. The Balaban J connectivity index is 0. The second kappa shape index (κ2) is 18.2. The molecule has 0 saturated heterocycles. The Morgan fingerprint density at radius 2 is 1.04 bits per heavy atom. The standard InChI is InChI=1S/C16H36N.C4H9FO3S/c1-5-9-13-17(14-10-6-2,15-11-7-3)16-12-8-4;5-3-1-2-4-9(6,7)8/h5-16H2,1-4H3;1-4H2,(H,6,7,8)/q+1;/p-1. The minimum absolute atomic E-state index is 0.127. The van der Waals surface area contributed by atoms with Crippen LogP contribution in [0.4, 0.5) is 4.39 Å². The van der Waals surface area contributed by atoms with E-state index in [2.05, 4.69) is 27.7 Å². The average Bonchev–Trinajstić information content (AvgIpc) is 2.60. The van der Waals surface area contributed by atoms with Crippen molar-refractivity contribution in [3.63, 3.8) is 0 Å². The molecule has 0 saturated carbocycles. The van der Waals surface area contributed by atoms with Gasteiger partial charge in [-0.2, -0.15) is 0 Å². The van der Waals surface area contributed by atoms with Crippen LogP contribution in [0.3, 0.4) is 0 Å². The van der Waals surface area contributed by atoms with E-state index < -0.39 is 22.5 Å². The molecule has 0 radical (unpaired) electrons. The van der Waals surface area contributed by atoms with E-state index in [4.69, 9.17) is 0 Å². The van der Waals surface area contributed by atoms with Crippen molar-refractivity contribution in [1.29, 1.82) is 0 Å². The van der Waals surface area contributed by atoms with Crippen molar-refractivity contribution in [1.82, 2.24) is 0 Å². The third kappa shape index (κ3) is 18.6. The number of quaternary nitrogens is 1. The van der Waals surface area contributed by atoms with Crippen LogP contribution in [-0.2, 0) is 10.1 Å². The summed E-state index contributed by atoms with van der Waals surface area (Å²) in [5.41, 5.74) is 0. The highest BCUT2D eigenvalue weighted by Gasteiger charge is 2.24. The van der Waals surface area contributed by atoms with Crippen LogP contribution in [0, 0.1) is 0 Å². The summed E-state index contributed by atoms with van der Waals surface area (Å²) in [4.78, 5) is 0. The van der Waals surface area contributed by atoms with Gasteiger partial charge in [-0.05, 0) is 38.5 Å². The topological polar surface area (TPSA) is 57.2 Å². The van der Waals surface area contributed by atoms with Crippen LogP contribution in [0.5, 0.6) is 0 Å². The minimum Gasteiger partial charge on any atom is -0.748 e. The van der Waals surface area contributed by atoms with E-state index in [1.165, 1.54) is 82.0 Å². The van der Waals surface area contributed by atoms with Gasteiger partial charge in [0.2, 0.25) is 0 Å². The maximum Gasteiger partial charge on any atom is 0.0945 e. The molecule has 0 aliphatic carbocycles. The molecule has 0 amide bonds. The molecule has 0 fully saturated rings. The third-order valence-corrected chi connectivity index (χ3v) is 5.51. The highest BCUT2D eigenvalue weighted by atomic mass is 32.2. The van der Waals surface area contributed by atoms with E-state index in [0.29, 0.717) is 0 Å². The van der Waals surface area contributed by atoms with Crippen LogP contribution in [0.25, 0.3) is 0 Å². The van der Waals surface area contributed by atoms with Gasteiger partial charge in [0.25, 0.3) is 0 Å². The maximum atomic E-state index is 11.3. The first-order chi connectivity index (χ1) is 12.3. The summed E-state index contributed by atoms with van der Waals surface area (Å²) in [6.07, 6.45) is 11.3. The van der Waals surface area contributed by atoms with Crippen molar-refractivity contribution in [3.8, 4) is 0 Å². The van der Waals surface area contributed by atoms with Crippen LogP contribution in [-0.4, -0.2) is 56.1 Å². The fraction of sp³-hybridized carbons (Fsp3) is 1.00. The molecule has 4 nitrogen and oxygen atoms in total. The monoisotopic (exact) mass is 397 g/mol. The average molecular weight is 398 g/mol. The highest BCUT2D eigenvalue weighted by molar-refractivity contribution is 7.85. The number of nitrogens with zero attached hydrogens (tertiary/aromatic N) is 1. The fourth-order valence-electron chi connectivity index (χ4n) is 3.02. The van der Waals surface area contributed by atoms with Crippen molar-refractivity contribution in [2.75, 3.05) is 38.6 Å². The van der Waals surface area contributed by atoms with E-state index >= 15 is 0 Å². The smallest absolute Gasteiger partial charge is 0.0945 e. The molecule has 0 rings (SSSR count). The molecule has 6 heteroatoms. The summed E-state index contributed by atoms with van der Waals surface area (Å²) in [7, 11) is -4.11. The molecule has 160 valence electrons. The van der Waals surface area contributed by atoms with Gasteiger partial charge in [0.1, 0.15) is 0 Å². The van der Waals surface area contributed by atoms with Gasteiger partial charge in [0.05, 0.1) is 43.0 Å². The Labute approximate surface area is 162 Å². The van der Waals surface area contributed by atoms with Crippen molar-refractivity contribution in [2.45, 2.75) is 91.9 Å². The van der Waals surface area contributed by atoms with Gasteiger partial charge in [-0.3, -0.25) is 4.39 Å². The number of halogens is 1. The normalized spacial score (nSPS) is 11.9. The van der Waals surface area contributed by atoms with Crippen molar-refractivity contribution < 1.29 is 21.8 Å². The van der Waals surface area contributed by atoms with Crippen molar-refractivity contribution in [3.05, 3.63) is 0 Å². The summed E-state index contributed by atoms with van der Waals surface area (Å²) in [6, 6.07) is 0. The second-order valence-electron chi connectivity index (χ2n) is 7.31. The number of alkyl halides is 1. The molecule has 26 heavy (non-hydrogen) atoms. The van der Waals surface area contributed by atoms with E-state index in [9.17, 15) is 17.4 Å². The van der Waals surface area contributed by atoms with Crippen LogP contribution < -0.4 is 0 Å². The molecule has 0 aromatic heterocycles. The molecule has 0 aromatic rings. The van der Waals surface area contributed by atoms with Crippen LogP contribution in [0.15, 0.2) is 0 Å². The summed E-state index contributed by atoms with van der Waals surface area (Å²) < 4.78 is 42.2. The lowest BCUT2D eigenvalue weighted by atomic mass is 10.1. The molecular weight excluding hydrogens is 353 g/mol. The Kier molecular flexibility index (Phi) is 19.6. The van der Waals surface area contributed by atoms with E-state index in [1.54, 1.807) is 0 Å². The Hall–Kier alpha value is -0.200. The zero-order valence-corrected chi connectivity index (χ0v) is 18.6. The zero-order valence-electron chi connectivity index (χ0n) is 17.8. The van der Waals surface area contributed by atoms with Crippen LogP contribution in [0.2, 0.25) is 0 Å². The number of rotatable bonds is 16. The van der Waals surface area contributed by atoms with Gasteiger partial charge in [-0.15, -0.1) is 0 Å². The predicted octanol–water partition coefficient (Wildman–Crippen LogP) is 5.28. The fourth-order valence-corrected chi connectivity index (χ4v) is 3.58. The molecule has 0 aliphatic rings. The molecule has 0 heterocycles. The van der Waals surface area contributed by atoms with E-state index in [-0.39, 0.29) is 12.8 Å². The molecule has 0 N–H and O–H groups in total. The first-order valence-corrected chi connectivity index (χ1v) is 12.2. The van der Waals surface area contributed by atoms with Gasteiger partial charge in [0, 0.05) is 5.75 Å². The summed E-state index contributed by atoms with van der Waals surface area (Å²) in [6.45, 7) is 14.5. The Morgan fingerprint density at radius 3 is 1.27 bits per heavy atom. The SMILES string of the molecule is CCCC[N+](CCCC)(CCCC)CCCC.O=S(=O)([O-])CCCCF. The van der Waals surface area contributed by atoms with Gasteiger partial charge in [-0.25, -0.2) is 8.42 Å². The van der Waals surface area contributed by atoms with Gasteiger partial charge >= 0.3 is 0 Å². The van der Waals surface area contributed by atoms with Crippen LogP contribution in [0.1, 0.15) is 91.9 Å². The lowest BCUT2D eigenvalue weighted by Gasteiger charge is -2.39. The predicted molar refractivity (Wildman–Crippen MR) is 109 cm³/mol. The third-order valence-electron chi connectivity index (χ3n) is 4.72. The minimum atomic E-state index is -4.11. The molecule has 0 spiro atoms. The lowest BCUT2D eigenvalue weighted by Crippen LogP contribution is -2.50. The first-order valence-electron chi connectivity index (χ1n) is 10.6. The number of unbranched alkanes of at least 4 members (excludes halogenated alkanes) is 5. The highest BCUT2D eigenvalue weighted by Crippen LogP contribution is 2.16. The van der Waals surface area contributed by atoms with Gasteiger partial charge < -0.3 is 9.04 Å². The largest absolute Gasteiger partial charge is 0.748 e. The van der Waals surface area contributed by atoms with Crippen LogP contribution >= 0.6 is 0 Å². The Bertz CT molecular complexity index is 351. The zero-order chi connectivity index (χ0) is 20.3. The lowest BCUT2D eigenvalue weighted by molar-refractivity contribution is -0.929. The molecule has 0 aliphatic heterocycles. The molecule has 0 aromatic carbocycles. The molecule has 0 bridgehead atoms. The second-order valence-corrected chi connectivity index (χ2v) is 8.83. The van der Waals surface area contributed by atoms with Crippen molar-refractivity contribution in [2.24, 2.45) is 0 Å². The molecule has 0 unspecified atom stereocenters. The maximum absolute atomic E-state index is 11.3. The molecular formula is C20H44FNO3S. The first kappa shape index (κ1) is 28.0. The number of hydrogen-bond acceptors (Lipinski definition) is 3. The van der Waals surface area contributed by atoms with E-state index in [0.717, 1.165) is 0 Å². The summed E-state index contributed by atoms with van der Waals surface area (Å²) in [5, 5.41) is 0. The number of hydrogen-bond donors (Lipinski definition) is 0. The van der Waals surface area contributed by atoms with Gasteiger partial charge in [0.15, 0.2) is 0 Å². The van der Waals surface area contributed by atoms with Gasteiger partial charge in [-0.1, -0.05) is 53.4 Å². The summed E-state index contributed by atoms with van der Waals surface area (Å²) in [5.74, 6) is -0.448. The van der Waals surface area contributed by atoms with E-state index in [1.807, 2.05) is 0 Å². The molecule has 0 atom stereocenters. The van der Waals surface area contributed by atoms with Crippen molar-refractivity contribution >= 4 is 10.1 Å². The summed E-state index contributed by atoms with van der Waals surface area (Å²) >= 11 is 0.